The molecule has 2 saturated heterocycles. The van der Waals surface area contributed by atoms with Crippen LogP contribution < -0.4 is 4.90 Å². The van der Waals surface area contributed by atoms with Crippen LogP contribution in [0.3, 0.4) is 0 Å². The number of likely N-dealkylation sites (N-methyl/N-ethyl adjacent to an activating group) is 1. The molecule has 2 heterocycles. The zero-order chi connectivity index (χ0) is 17.8. The molecule has 0 N–H and O–H groups in total. The maximum atomic E-state index is 12.9. The van der Waals surface area contributed by atoms with Crippen LogP contribution in [0.2, 0.25) is 0 Å². The van der Waals surface area contributed by atoms with Gasteiger partial charge in [-0.2, -0.15) is 0 Å². The largest absolute Gasteiger partial charge is 0.376 e. The third-order valence-corrected chi connectivity index (χ3v) is 5.27. The van der Waals surface area contributed by atoms with Gasteiger partial charge in [0, 0.05) is 38.3 Å². The van der Waals surface area contributed by atoms with Gasteiger partial charge in [-0.1, -0.05) is 19.1 Å². The van der Waals surface area contributed by atoms with E-state index in [1.807, 2.05) is 36.1 Å². The van der Waals surface area contributed by atoms with Gasteiger partial charge in [-0.05, 0) is 43.9 Å². The van der Waals surface area contributed by atoms with Crippen molar-refractivity contribution in [2.24, 2.45) is 5.92 Å². The minimum Gasteiger partial charge on any atom is -0.376 e. The van der Waals surface area contributed by atoms with Gasteiger partial charge in [0.2, 0.25) is 11.8 Å². The normalized spacial score (nSPS) is 23.3. The average molecular weight is 344 g/mol. The first kappa shape index (κ1) is 17.9. The molecule has 2 unspecified atom stereocenters. The van der Waals surface area contributed by atoms with Gasteiger partial charge in [-0.25, -0.2) is 0 Å². The molecule has 5 heteroatoms. The molecule has 1 aromatic carbocycles. The number of carbonyl (C=O) groups is 2. The number of hydrogen-bond acceptors (Lipinski definition) is 3. The lowest BCUT2D eigenvalue weighted by molar-refractivity contribution is -0.137. The summed E-state index contributed by atoms with van der Waals surface area (Å²) in [6.07, 6.45) is 3.52. The van der Waals surface area contributed by atoms with E-state index in [0.717, 1.165) is 31.6 Å². The van der Waals surface area contributed by atoms with Crippen LogP contribution in [0.15, 0.2) is 24.3 Å². The van der Waals surface area contributed by atoms with E-state index in [0.29, 0.717) is 26.1 Å². The molecular weight excluding hydrogens is 316 g/mol. The van der Waals surface area contributed by atoms with Crippen LogP contribution in [0.4, 0.5) is 5.69 Å². The maximum Gasteiger partial charge on any atom is 0.228 e. The van der Waals surface area contributed by atoms with Gasteiger partial charge in [0.15, 0.2) is 0 Å². The number of anilines is 1. The van der Waals surface area contributed by atoms with E-state index in [1.165, 1.54) is 5.56 Å². The Morgan fingerprint density at radius 3 is 2.64 bits per heavy atom. The fourth-order valence-corrected chi connectivity index (χ4v) is 3.70. The fourth-order valence-electron chi connectivity index (χ4n) is 3.70. The molecule has 0 radical (unpaired) electrons. The average Bonchev–Trinajstić information content (AvgIpc) is 3.28. The van der Waals surface area contributed by atoms with Crippen molar-refractivity contribution in [3.63, 3.8) is 0 Å². The lowest BCUT2D eigenvalue weighted by atomic mass is 10.1. The Hall–Kier alpha value is -1.88. The fraction of sp³-hybridized carbons (Fsp3) is 0.600. The van der Waals surface area contributed by atoms with Gasteiger partial charge >= 0.3 is 0 Å². The Morgan fingerprint density at radius 2 is 2.04 bits per heavy atom. The van der Waals surface area contributed by atoms with E-state index in [2.05, 4.69) is 6.92 Å². The quantitative estimate of drug-likeness (QED) is 0.797. The van der Waals surface area contributed by atoms with Crippen LogP contribution in [-0.4, -0.2) is 49.1 Å². The van der Waals surface area contributed by atoms with Gasteiger partial charge in [-0.3, -0.25) is 9.59 Å². The van der Waals surface area contributed by atoms with Crippen LogP contribution in [0.1, 0.15) is 38.7 Å². The maximum absolute atomic E-state index is 12.9. The highest BCUT2D eigenvalue weighted by molar-refractivity contribution is 6.00. The molecule has 0 saturated carbocycles. The molecule has 1 aromatic rings. The van der Waals surface area contributed by atoms with Gasteiger partial charge in [0.25, 0.3) is 0 Å². The Kier molecular flexibility index (Phi) is 5.74. The van der Waals surface area contributed by atoms with Crippen molar-refractivity contribution in [2.75, 3.05) is 31.1 Å². The van der Waals surface area contributed by atoms with Crippen LogP contribution in [0.5, 0.6) is 0 Å². The molecule has 2 aliphatic heterocycles. The zero-order valence-electron chi connectivity index (χ0n) is 15.2. The van der Waals surface area contributed by atoms with Crippen molar-refractivity contribution in [1.82, 2.24) is 4.90 Å². The molecule has 0 aromatic heterocycles. The van der Waals surface area contributed by atoms with Gasteiger partial charge in [-0.15, -0.1) is 0 Å². The molecular formula is C20H28N2O3. The third kappa shape index (κ3) is 4.03. The molecule has 2 fully saturated rings. The molecule has 3 rings (SSSR count). The number of benzene rings is 1. The van der Waals surface area contributed by atoms with E-state index < -0.39 is 0 Å². The molecule has 2 aliphatic rings. The molecule has 2 atom stereocenters. The molecule has 136 valence electrons. The lowest BCUT2D eigenvalue weighted by Gasteiger charge is -2.26. The monoisotopic (exact) mass is 344 g/mol. The van der Waals surface area contributed by atoms with Crippen LogP contribution >= 0.6 is 0 Å². The van der Waals surface area contributed by atoms with Crippen LogP contribution in [0.25, 0.3) is 0 Å². The SMILES string of the molecule is CCc1ccc(N2CC(C(=O)N(CC)CC3CCCO3)CC2=O)cc1. The molecule has 0 spiro atoms. The highest BCUT2D eigenvalue weighted by Crippen LogP contribution is 2.27. The summed E-state index contributed by atoms with van der Waals surface area (Å²) < 4.78 is 5.66. The molecule has 25 heavy (non-hydrogen) atoms. The Balaban J connectivity index is 1.64. The molecule has 5 nitrogen and oxygen atoms in total. The summed E-state index contributed by atoms with van der Waals surface area (Å²) >= 11 is 0. The topological polar surface area (TPSA) is 49.9 Å². The summed E-state index contributed by atoms with van der Waals surface area (Å²) in [7, 11) is 0. The second-order valence-corrected chi connectivity index (χ2v) is 6.94. The van der Waals surface area contributed by atoms with Crippen molar-refractivity contribution in [3.05, 3.63) is 29.8 Å². The summed E-state index contributed by atoms with van der Waals surface area (Å²) in [5.41, 5.74) is 2.14. The smallest absolute Gasteiger partial charge is 0.228 e. The van der Waals surface area contributed by atoms with E-state index in [4.69, 9.17) is 4.74 Å². The molecule has 0 aliphatic carbocycles. The van der Waals surface area contributed by atoms with Crippen LogP contribution in [-0.2, 0) is 20.7 Å². The third-order valence-electron chi connectivity index (χ3n) is 5.27. The predicted octanol–water partition coefficient (Wildman–Crippen LogP) is 2.63. The number of carbonyl (C=O) groups excluding carboxylic acids is 2. The first-order valence-corrected chi connectivity index (χ1v) is 9.42. The summed E-state index contributed by atoms with van der Waals surface area (Å²) in [5.74, 6) is -0.130. The van der Waals surface area contributed by atoms with Gasteiger partial charge < -0.3 is 14.5 Å². The second kappa shape index (κ2) is 8.00. The van der Waals surface area contributed by atoms with E-state index in [-0.39, 0.29) is 23.8 Å². The summed E-state index contributed by atoms with van der Waals surface area (Å²) in [4.78, 5) is 28.9. The first-order chi connectivity index (χ1) is 12.1. The number of amides is 2. The van der Waals surface area contributed by atoms with E-state index in [1.54, 1.807) is 4.90 Å². The molecule has 0 bridgehead atoms. The summed E-state index contributed by atoms with van der Waals surface area (Å²) in [6, 6.07) is 8.06. The van der Waals surface area contributed by atoms with Gasteiger partial charge in [0.05, 0.1) is 12.0 Å². The lowest BCUT2D eigenvalue weighted by Crippen LogP contribution is -2.41. The molecule has 2 amide bonds. The van der Waals surface area contributed by atoms with Crippen molar-refractivity contribution in [3.8, 4) is 0 Å². The number of rotatable bonds is 6. The van der Waals surface area contributed by atoms with Gasteiger partial charge in [0.1, 0.15) is 0 Å². The standard InChI is InChI=1S/C20H28N2O3/c1-3-15-7-9-17(10-8-15)22-13-16(12-19(22)23)20(24)21(4-2)14-18-6-5-11-25-18/h7-10,16,18H,3-6,11-14H2,1-2H3. The second-order valence-electron chi connectivity index (χ2n) is 6.94. The number of ether oxygens (including phenoxy) is 1. The highest BCUT2D eigenvalue weighted by atomic mass is 16.5. The van der Waals surface area contributed by atoms with Crippen molar-refractivity contribution in [1.29, 1.82) is 0 Å². The number of aryl methyl sites for hydroxylation is 1. The van der Waals surface area contributed by atoms with Crippen molar-refractivity contribution < 1.29 is 14.3 Å². The Bertz CT molecular complexity index is 608. The van der Waals surface area contributed by atoms with Crippen LogP contribution in [0, 0.1) is 5.92 Å². The number of nitrogens with zero attached hydrogens (tertiary/aromatic N) is 2. The van der Waals surface area contributed by atoms with E-state index in [9.17, 15) is 9.59 Å². The zero-order valence-corrected chi connectivity index (χ0v) is 15.2. The Morgan fingerprint density at radius 1 is 1.28 bits per heavy atom. The summed E-state index contributed by atoms with van der Waals surface area (Å²) in [6.45, 7) is 6.67. The summed E-state index contributed by atoms with van der Waals surface area (Å²) in [5, 5.41) is 0. The number of hydrogen-bond donors (Lipinski definition) is 0. The van der Waals surface area contributed by atoms with E-state index >= 15 is 0 Å². The first-order valence-electron chi connectivity index (χ1n) is 9.42. The predicted molar refractivity (Wildman–Crippen MR) is 97.5 cm³/mol. The highest BCUT2D eigenvalue weighted by Gasteiger charge is 2.37. The minimum atomic E-state index is -0.250. The van der Waals surface area contributed by atoms with Crippen molar-refractivity contribution in [2.45, 2.75) is 45.6 Å². The minimum absolute atomic E-state index is 0.0377. The Labute approximate surface area is 149 Å². The van der Waals surface area contributed by atoms with Crippen molar-refractivity contribution >= 4 is 17.5 Å².